The zero-order valence-corrected chi connectivity index (χ0v) is 21.6. The van der Waals surface area contributed by atoms with Gasteiger partial charge in [-0.05, 0) is 104 Å². The quantitative estimate of drug-likeness (QED) is 0.429. The van der Waals surface area contributed by atoms with E-state index in [1.54, 1.807) is 6.92 Å². The maximum Gasteiger partial charge on any atom is 0.302 e. The third kappa shape index (κ3) is 3.25. The van der Waals surface area contributed by atoms with E-state index in [4.69, 9.17) is 14.2 Å². The predicted molar refractivity (Wildman–Crippen MR) is 127 cm³/mol. The van der Waals surface area contributed by atoms with Gasteiger partial charge in [0, 0.05) is 19.3 Å². The fourth-order valence-electron chi connectivity index (χ4n) is 10.6. The lowest BCUT2D eigenvalue weighted by atomic mass is 9.44. The van der Waals surface area contributed by atoms with Crippen molar-refractivity contribution in [2.45, 2.75) is 117 Å². The fraction of sp³-hybridized carbons (Fsp3) is 0.966. The summed E-state index contributed by atoms with van der Waals surface area (Å²) < 4.78 is 19.1. The molecule has 12 atom stereocenters. The second kappa shape index (κ2) is 7.69. The molecule has 6 fully saturated rings. The molecule has 186 valence electrons. The molecular formula is C29H46O4. The summed E-state index contributed by atoms with van der Waals surface area (Å²) >= 11 is 0. The van der Waals surface area contributed by atoms with Gasteiger partial charge in [-0.25, -0.2) is 0 Å². The molecule has 6 aliphatic rings. The van der Waals surface area contributed by atoms with Gasteiger partial charge in [-0.2, -0.15) is 0 Å². The van der Waals surface area contributed by atoms with Crippen LogP contribution in [0.3, 0.4) is 0 Å². The van der Waals surface area contributed by atoms with Crippen LogP contribution in [0, 0.1) is 52.3 Å². The van der Waals surface area contributed by atoms with Crippen LogP contribution >= 0.6 is 0 Å². The maximum absolute atomic E-state index is 11.5. The molecule has 0 aromatic carbocycles. The zero-order valence-electron chi connectivity index (χ0n) is 21.6. The van der Waals surface area contributed by atoms with Crippen molar-refractivity contribution in [3.8, 4) is 0 Å². The Bertz CT molecular complexity index is 786. The van der Waals surface area contributed by atoms with E-state index in [0.717, 1.165) is 49.5 Å². The summed E-state index contributed by atoms with van der Waals surface area (Å²) in [4.78, 5) is 11.5. The van der Waals surface area contributed by atoms with E-state index in [9.17, 15) is 4.79 Å². The van der Waals surface area contributed by atoms with Crippen LogP contribution in [0.5, 0.6) is 0 Å². The molecule has 33 heavy (non-hydrogen) atoms. The van der Waals surface area contributed by atoms with Gasteiger partial charge in [0.05, 0.1) is 12.7 Å². The van der Waals surface area contributed by atoms with Crippen molar-refractivity contribution in [1.82, 2.24) is 0 Å². The van der Waals surface area contributed by atoms with E-state index >= 15 is 0 Å². The summed E-state index contributed by atoms with van der Waals surface area (Å²) in [5, 5.41) is 0. The van der Waals surface area contributed by atoms with E-state index in [0.29, 0.717) is 34.7 Å². The van der Waals surface area contributed by atoms with E-state index in [1.165, 1.54) is 44.9 Å². The lowest BCUT2D eigenvalue weighted by molar-refractivity contribution is -0.273. The molecule has 2 heterocycles. The minimum Gasteiger partial charge on any atom is -0.463 e. The summed E-state index contributed by atoms with van der Waals surface area (Å²) in [5.74, 6) is 4.63. The first-order valence-electron chi connectivity index (χ1n) is 14.2. The molecule has 0 amide bonds. The molecule has 4 nitrogen and oxygen atoms in total. The van der Waals surface area contributed by atoms with Crippen LogP contribution in [0.2, 0.25) is 0 Å². The summed E-state index contributed by atoms with van der Waals surface area (Å²) in [6.45, 7) is 12.4. The van der Waals surface area contributed by atoms with Gasteiger partial charge in [0.25, 0.3) is 0 Å². The van der Waals surface area contributed by atoms with Crippen LogP contribution in [0.4, 0.5) is 0 Å². The highest BCUT2D eigenvalue weighted by molar-refractivity contribution is 5.66. The normalized spacial score (nSPS) is 57.7. The van der Waals surface area contributed by atoms with Gasteiger partial charge < -0.3 is 14.2 Å². The summed E-state index contributed by atoms with van der Waals surface area (Å²) in [7, 11) is 0. The highest BCUT2D eigenvalue weighted by atomic mass is 16.7. The number of fused-ring (bicyclic) bond motifs is 7. The number of hydrogen-bond acceptors (Lipinski definition) is 4. The largest absolute Gasteiger partial charge is 0.463 e. The maximum atomic E-state index is 11.5. The van der Waals surface area contributed by atoms with Crippen molar-refractivity contribution in [1.29, 1.82) is 0 Å². The zero-order chi connectivity index (χ0) is 23.2. The van der Waals surface area contributed by atoms with Crippen LogP contribution in [0.1, 0.15) is 98.8 Å². The number of esters is 1. The van der Waals surface area contributed by atoms with Crippen molar-refractivity contribution in [3.05, 3.63) is 0 Å². The molecule has 0 unspecified atom stereocenters. The summed E-state index contributed by atoms with van der Waals surface area (Å²) in [6.07, 6.45) is 12.9. The molecule has 0 radical (unpaired) electrons. The van der Waals surface area contributed by atoms with Crippen molar-refractivity contribution in [3.63, 3.8) is 0 Å². The average Bonchev–Trinajstić information content (AvgIpc) is 3.21. The van der Waals surface area contributed by atoms with Gasteiger partial charge in [-0.15, -0.1) is 0 Å². The number of rotatable bonds is 1. The standard InChI is InChI=1S/C29H46O4/c1-17-8-13-29(31-16-17)18(2)26-25(33-29)15-24-22-7-6-20-14-21(32-19(3)30)9-11-27(20,4)23(22)10-12-28(24,26)5/h17-18,20-26H,6-16H2,1-5H3/t17-,18+,20+,21-,22-,23-,24+,25+,26+,27+,28+,29-/m1/s1. The van der Waals surface area contributed by atoms with Crippen LogP contribution in [0.15, 0.2) is 0 Å². The monoisotopic (exact) mass is 458 g/mol. The first kappa shape index (κ1) is 22.8. The van der Waals surface area contributed by atoms with Gasteiger partial charge >= 0.3 is 5.97 Å². The van der Waals surface area contributed by atoms with E-state index < -0.39 is 0 Å². The SMILES string of the molecule is CC(=O)O[C@@H]1CC[C@@]2(C)[C@@H](CC[C@@H]3[C@H]2CC[C@]2(C)[C@@H]4[C@H](C[C@@H]32)O[C@]2(CC[C@@H](C)CO2)[C@H]4C)C1. The van der Waals surface area contributed by atoms with Crippen molar-refractivity contribution >= 4 is 5.97 Å². The molecule has 0 N–H and O–H groups in total. The Morgan fingerprint density at radius 1 is 0.909 bits per heavy atom. The Kier molecular flexibility index (Phi) is 5.32. The fourth-order valence-corrected chi connectivity index (χ4v) is 10.6. The molecule has 6 rings (SSSR count). The minimum atomic E-state index is -0.300. The first-order valence-corrected chi connectivity index (χ1v) is 14.2. The molecule has 1 spiro atoms. The number of hydrogen-bond donors (Lipinski definition) is 0. The second-order valence-electron chi connectivity index (χ2n) is 13.7. The molecule has 0 bridgehead atoms. The van der Waals surface area contributed by atoms with Crippen LogP contribution in [-0.2, 0) is 19.0 Å². The molecule has 2 aliphatic heterocycles. The van der Waals surface area contributed by atoms with E-state index in [-0.39, 0.29) is 17.9 Å². The Labute approximate surface area is 200 Å². The average molecular weight is 459 g/mol. The number of ether oxygens (including phenoxy) is 3. The van der Waals surface area contributed by atoms with E-state index in [2.05, 4.69) is 27.7 Å². The van der Waals surface area contributed by atoms with Crippen LogP contribution in [0.25, 0.3) is 0 Å². The lowest BCUT2D eigenvalue weighted by Crippen LogP contribution is -2.55. The molecule has 0 aromatic rings. The van der Waals surface area contributed by atoms with Gasteiger partial charge in [-0.3, -0.25) is 4.79 Å². The predicted octanol–water partition coefficient (Wildman–Crippen LogP) is 6.36. The number of carbonyl (C=O) groups excluding carboxylic acids is 1. The smallest absolute Gasteiger partial charge is 0.302 e. The van der Waals surface area contributed by atoms with Crippen LogP contribution < -0.4 is 0 Å². The van der Waals surface area contributed by atoms with Gasteiger partial charge in [-0.1, -0.05) is 27.7 Å². The molecular weight excluding hydrogens is 412 g/mol. The second-order valence-corrected chi connectivity index (χ2v) is 13.7. The first-order chi connectivity index (χ1) is 15.7. The van der Waals surface area contributed by atoms with Crippen molar-refractivity contribution in [2.75, 3.05) is 6.61 Å². The lowest BCUT2D eigenvalue weighted by Gasteiger charge is -2.61. The van der Waals surface area contributed by atoms with Crippen molar-refractivity contribution < 1.29 is 19.0 Å². The molecule has 0 aromatic heterocycles. The van der Waals surface area contributed by atoms with Gasteiger partial charge in [0.1, 0.15) is 6.10 Å². The molecule has 2 saturated heterocycles. The molecule has 4 aliphatic carbocycles. The molecule has 4 saturated carbocycles. The van der Waals surface area contributed by atoms with E-state index in [1.807, 2.05) is 0 Å². The van der Waals surface area contributed by atoms with Crippen LogP contribution in [-0.4, -0.2) is 30.6 Å². The highest BCUT2D eigenvalue weighted by Crippen LogP contribution is 2.71. The topological polar surface area (TPSA) is 44.8 Å². The third-order valence-electron chi connectivity index (χ3n) is 12.2. The third-order valence-corrected chi connectivity index (χ3v) is 12.2. The highest BCUT2D eigenvalue weighted by Gasteiger charge is 2.69. The minimum absolute atomic E-state index is 0.105. The van der Waals surface area contributed by atoms with Gasteiger partial charge in [0.15, 0.2) is 5.79 Å². The Hall–Kier alpha value is -0.610. The molecule has 4 heteroatoms. The Balaban J connectivity index is 1.21. The Morgan fingerprint density at radius 3 is 2.42 bits per heavy atom. The number of carbonyl (C=O) groups is 1. The Morgan fingerprint density at radius 2 is 1.70 bits per heavy atom. The summed E-state index contributed by atoms with van der Waals surface area (Å²) in [6, 6.07) is 0. The van der Waals surface area contributed by atoms with Crippen molar-refractivity contribution in [2.24, 2.45) is 52.3 Å². The summed E-state index contributed by atoms with van der Waals surface area (Å²) in [5.41, 5.74) is 0.828. The van der Waals surface area contributed by atoms with Gasteiger partial charge in [0.2, 0.25) is 0 Å².